The Morgan fingerprint density at radius 1 is 1.15 bits per heavy atom. The number of carbonyl (C=O) groups excluding carboxylic acids is 2. The van der Waals surface area contributed by atoms with E-state index in [1.807, 2.05) is 13.8 Å². The van der Waals surface area contributed by atoms with Crippen LogP contribution in [-0.2, 0) is 9.59 Å². The molecule has 0 heterocycles. The third-order valence-electron chi connectivity index (χ3n) is 3.63. The molecule has 0 amide bonds. The summed E-state index contributed by atoms with van der Waals surface area (Å²) in [6.45, 7) is 9.06. The predicted molar refractivity (Wildman–Crippen MR) is 80.8 cm³/mol. The molecule has 118 valence electrons. The number of likely N-dealkylation sites (N-methyl/N-ethyl adjacent to an activating group) is 1. The van der Waals surface area contributed by atoms with E-state index < -0.39 is 11.1 Å². The standard InChI is InChI=1S/C15H30N2O3/c1-11(18)14(2,3)17-10-8-7-9-12(16-6)13(19)15(4,5)20/h12,16-17,20H,7-10H2,1-6H3. The molecule has 0 bridgehead atoms. The molecule has 0 radical (unpaired) electrons. The predicted octanol–water partition coefficient (Wildman–Crippen LogP) is 1.04. The average molecular weight is 286 g/mol. The van der Waals surface area contributed by atoms with E-state index in [2.05, 4.69) is 10.6 Å². The van der Waals surface area contributed by atoms with Crippen LogP contribution in [0, 0.1) is 0 Å². The molecule has 0 saturated heterocycles. The fourth-order valence-electron chi connectivity index (χ4n) is 1.83. The van der Waals surface area contributed by atoms with Gasteiger partial charge in [-0.2, -0.15) is 0 Å². The number of nitrogens with one attached hydrogen (secondary N) is 2. The van der Waals surface area contributed by atoms with Gasteiger partial charge in [-0.3, -0.25) is 9.59 Å². The molecule has 0 rings (SSSR count). The van der Waals surface area contributed by atoms with Gasteiger partial charge in [-0.15, -0.1) is 0 Å². The maximum atomic E-state index is 11.9. The van der Waals surface area contributed by atoms with Gasteiger partial charge in [0.25, 0.3) is 0 Å². The summed E-state index contributed by atoms with van der Waals surface area (Å²) in [5.74, 6) is -0.0696. The number of unbranched alkanes of at least 4 members (excludes halogenated alkanes) is 1. The molecular formula is C15H30N2O3. The highest BCUT2D eigenvalue weighted by Gasteiger charge is 2.30. The first-order valence-electron chi connectivity index (χ1n) is 7.22. The van der Waals surface area contributed by atoms with Crippen LogP contribution in [0.5, 0.6) is 0 Å². The molecule has 0 aliphatic rings. The Morgan fingerprint density at radius 3 is 2.10 bits per heavy atom. The van der Waals surface area contributed by atoms with Crippen molar-refractivity contribution in [3.05, 3.63) is 0 Å². The highest BCUT2D eigenvalue weighted by Crippen LogP contribution is 2.11. The topological polar surface area (TPSA) is 78.4 Å². The average Bonchev–Trinajstić information content (AvgIpc) is 2.31. The van der Waals surface area contributed by atoms with E-state index >= 15 is 0 Å². The smallest absolute Gasteiger partial charge is 0.180 e. The summed E-state index contributed by atoms with van der Waals surface area (Å²) < 4.78 is 0. The van der Waals surface area contributed by atoms with Crippen LogP contribution in [0.2, 0.25) is 0 Å². The second-order valence-corrected chi connectivity index (χ2v) is 6.37. The summed E-state index contributed by atoms with van der Waals surface area (Å²) >= 11 is 0. The summed E-state index contributed by atoms with van der Waals surface area (Å²) in [5.41, 5.74) is -1.80. The lowest BCUT2D eigenvalue weighted by Gasteiger charge is -2.24. The first-order valence-corrected chi connectivity index (χ1v) is 7.22. The van der Waals surface area contributed by atoms with Crippen molar-refractivity contribution in [2.45, 2.75) is 71.1 Å². The molecule has 0 spiro atoms. The van der Waals surface area contributed by atoms with Crippen LogP contribution in [0.1, 0.15) is 53.9 Å². The van der Waals surface area contributed by atoms with E-state index in [4.69, 9.17) is 0 Å². The number of ketones is 2. The van der Waals surface area contributed by atoms with Crippen molar-refractivity contribution >= 4 is 11.6 Å². The first-order chi connectivity index (χ1) is 9.02. The zero-order valence-corrected chi connectivity index (χ0v) is 13.7. The summed E-state index contributed by atoms with van der Waals surface area (Å²) in [6.07, 6.45) is 2.42. The van der Waals surface area contributed by atoms with Gasteiger partial charge in [0, 0.05) is 0 Å². The van der Waals surface area contributed by atoms with Gasteiger partial charge < -0.3 is 15.7 Å². The van der Waals surface area contributed by atoms with E-state index in [-0.39, 0.29) is 17.6 Å². The third kappa shape index (κ3) is 6.59. The van der Waals surface area contributed by atoms with E-state index in [1.165, 1.54) is 13.8 Å². The highest BCUT2D eigenvalue weighted by atomic mass is 16.3. The first kappa shape index (κ1) is 19.2. The highest BCUT2D eigenvalue weighted by molar-refractivity contribution is 5.91. The number of hydrogen-bond acceptors (Lipinski definition) is 5. The SMILES string of the molecule is CNC(CCCCNC(C)(C)C(C)=O)C(=O)C(C)(C)O. The van der Waals surface area contributed by atoms with Crippen LogP contribution in [0.25, 0.3) is 0 Å². The fourth-order valence-corrected chi connectivity index (χ4v) is 1.83. The molecule has 0 aromatic heterocycles. The van der Waals surface area contributed by atoms with E-state index in [0.29, 0.717) is 6.42 Å². The number of carbonyl (C=O) groups is 2. The molecule has 0 saturated carbocycles. The van der Waals surface area contributed by atoms with Gasteiger partial charge in [-0.1, -0.05) is 6.42 Å². The molecule has 20 heavy (non-hydrogen) atoms. The molecule has 3 N–H and O–H groups in total. The maximum absolute atomic E-state index is 11.9. The second-order valence-electron chi connectivity index (χ2n) is 6.37. The Bertz CT molecular complexity index is 333. The largest absolute Gasteiger partial charge is 0.383 e. The minimum Gasteiger partial charge on any atom is -0.383 e. The van der Waals surface area contributed by atoms with Gasteiger partial charge in [-0.25, -0.2) is 0 Å². The van der Waals surface area contributed by atoms with Gasteiger partial charge in [0.15, 0.2) is 5.78 Å². The van der Waals surface area contributed by atoms with Crippen molar-refractivity contribution < 1.29 is 14.7 Å². The molecular weight excluding hydrogens is 256 g/mol. The van der Waals surface area contributed by atoms with Gasteiger partial charge in [0.2, 0.25) is 0 Å². The molecule has 0 aromatic carbocycles. The van der Waals surface area contributed by atoms with E-state index in [9.17, 15) is 14.7 Å². The normalized spacial score (nSPS) is 14.2. The summed E-state index contributed by atoms with van der Waals surface area (Å²) in [7, 11) is 1.73. The zero-order chi connectivity index (χ0) is 16.0. The maximum Gasteiger partial charge on any atom is 0.180 e. The summed E-state index contributed by atoms with van der Waals surface area (Å²) in [5, 5.41) is 15.9. The van der Waals surface area contributed by atoms with Crippen LogP contribution < -0.4 is 10.6 Å². The Kier molecular flexibility index (Phi) is 7.55. The lowest BCUT2D eigenvalue weighted by molar-refractivity contribution is -0.136. The zero-order valence-electron chi connectivity index (χ0n) is 13.7. The minimum atomic E-state index is -1.30. The van der Waals surface area contributed by atoms with Crippen molar-refractivity contribution in [2.75, 3.05) is 13.6 Å². The molecule has 0 aliphatic carbocycles. The molecule has 1 unspecified atom stereocenters. The quantitative estimate of drug-likeness (QED) is 0.523. The number of Topliss-reactive ketones (excluding diaryl/α,β-unsaturated/α-hetero) is 2. The lowest BCUT2D eigenvalue weighted by Crippen LogP contribution is -2.47. The molecule has 1 atom stereocenters. The molecule has 5 nitrogen and oxygen atoms in total. The number of hydrogen-bond donors (Lipinski definition) is 3. The van der Waals surface area contributed by atoms with Crippen LogP contribution in [0.4, 0.5) is 0 Å². The van der Waals surface area contributed by atoms with Crippen LogP contribution >= 0.6 is 0 Å². The van der Waals surface area contributed by atoms with Crippen LogP contribution in [0.3, 0.4) is 0 Å². The third-order valence-corrected chi connectivity index (χ3v) is 3.63. The second kappa shape index (κ2) is 7.86. The van der Waals surface area contributed by atoms with Gasteiger partial charge in [0.05, 0.1) is 11.6 Å². The number of rotatable bonds is 10. The minimum absolute atomic E-state index is 0.114. The van der Waals surface area contributed by atoms with Crippen LogP contribution in [-0.4, -0.2) is 47.4 Å². The van der Waals surface area contributed by atoms with Gasteiger partial charge in [0.1, 0.15) is 11.4 Å². The molecule has 0 fully saturated rings. The Labute approximate surface area is 122 Å². The van der Waals surface area contributed by atoms with Gasteiger partial charge >= 0.3 is 0 Å². The monoisotopic (exact) mass is 286 g/mol. The number of aliphatic hydroxyl groups is 1. The Hall–Kier alpha value is -0.780. The van der Waals surface area contributed by atoms with E-state index in [0.717, 1.165) is 19.4 Å². The molecule has 5 heteroatoms. The summed E-state index contributed by atoms with van der Waals surface area (Å²) in [4.78, 5) is 23.3. The van der Waals surface area contributed by atoms with Crippen molar-refractivity contribution in [3.8, 4) is 0 Å². The van der Waals surface area contributed by atoms with Crippen molar-refractivity contribution in [2.24, 2.45) is 0 Å². The lowest BCUT2D eigenvalue weighted by atomic mass is 9.93. The Balaban J connectivity index is 4.05. The van der Waals surface area contributed by atoms with E-state index in [1.54, 1.807) is 14.0 Å². The molecule has 0 aliphatic heterocycles. The van der Waals surface area contributed by atoms with Crippen molar-refractivity contribution in [1.29, 1.82) is 0 Å². The Morgan fingerprint density at radius 2 is 1.70 bits per heavy atom. The summed E-state index contributed by atoms with van der Waals surface area (Å²) in [6, 6.07) is -0.323. The van der Waals surface area contributed by atoms with Crippen molar-refractivity contribution in [1.82, 2.24) is 10.6 Å². The fraction of sp³-hybridized carbons (Fsp3) is 0.867. The van der Waals surface area contributed by atoms with Gasteiger partial charge in [-0.05, 0) is 61.1 Å². The molecule has 0 aromatic rings. The van der Waals surface area contributed by atoms with Crippen molar-refractivity contribution in [3.63, 3.8) is 0 Å². The van der Waals surface area contributed by atoms with Crippen LogP contribution in [0.15, 0.2) is 0 Å².